The van der Waals surface area contributed by atoms with E-state index in [1.54, 1.807) is 17.4 Å². The highest BCUT2D eigenvalue weighted by Gasteiger charge is 2.22. The number of morpholine rings is 1. The Hall–Kier alpha value is -3.72. The van der Waals surface area contributed by atoms with E-state index < -0.39 is 0 Å². The number of carbonyl (C=O) groups is 1. The van der Waals surface area contributed by atoms with Gasteiger partial charge in [0.1, 0.15) is 5.58 Å². The summed E-state index contributed by atoms with van der Waals surface area (Å²) >= 11 is 1.72. The van der Waals surface area contributed by atoms with Gasteiger partial charge in [-0.15, -0.1) is 11.3 Å². The highest BCUT2D eigenvalue weighted by molar-refractivity contribution is 7.26. The second-order valence-electron chi connectivity index (χ2n) is 11.4. The quantitative estimate of drug-likeness (QED) is 0.236. The maximum atomic E-state index is 13.2. The zero-order valence-electron chi connectivity index (χ0n) is 23.9. The fourth-order valence-electron chi connectivity index (χ4n) is 6.31. The summed E-state index contributed by atoms with van der Waals surface area (Å²) in [4.78, 5) is 30.5. The van der Waals surface area contributed by atoms with Crippen molar-refractivity contribution in [3.05, 3.63) is 70.9 Å². The van der Waals surface area contributed by atoms with E-state index in [1.807, 2.05) is 24.3 Å². The molecule has 5 aromatic rings. The summed E-state index contributed by atoms with van der Waals surface area (Å²) in [5, 5.41) is 5.93. The molecule has 0 spiro atoms. The molecule has 2 aliphatic rings. The lowest BCUT2D eigenvalue weighted by molar-refractivity contribution is -0.119. The van der Waals surface area contributed by atoms with Crippen LogP contribution in [0.4, 0.5) is 11.6 Å². The lowest BCUT2D eigenvalue weighted by Gasteiger charge is -2.31. The number of thiophene rings is 1. The molecule has 0 saturated carbocycles. The van der Waals surface area contributed by atoms with Crippen LogP contribution in [0.2, 0.25) is 0 Å². The van der Waals surface area contributed by atoms with Crippen molar-refractivity contribution in [1.82, 2.24) is 4.90 Å². The molecular formula is C34H35N3O4S. The average Bonchev–Trinajstić information content (AvgIpc) is 3.39. The lowest BCUT2D eigenvalue weighted by atomic mass is 10.0. The Morgan fingerprint density at radius 2 is 1.76 bits per heavy atom. The van der Waals surface area contributed by atoms with Gasteiger partial charge in [-0.25, -0.2) is 0 Å². The zero-order chi connectivity index (χ0) is 28.6. The number of anilines is 2. The molecule has 0 bridgehead atoms. The second kappa shape index (κ2) is 11.5. The molecule has 2 aliphatic heterocycles. The Bertz CT molecular complexity index is 1840. The number of carbonyl (C=O) groups excluding carboxylic acids is 1. The first-order chi connectivity index (χ1) is 20.6. The molecule has 4 heterocycles. The molecule has 2 aromatic heterocycles. The van der Waals surface area contributed by atoms with Gasteiger partial charge in [0.15, 0.2) is 11.3 Å². The number of ether oxygens (including phenoxy) is 1. The van der Waals surface area contributed by atoms with Crippen LogP contribution in [-0.2, 0) is 9.53 Å². The average molecular weight is 582 g/mol. The Morgan fingerprint density at radius 1 is 0.952 bits per heavy atom. The van der Waals surface area contributed by atoms with E-state index >= 15 is 0 Å². The largest absolute Gasteiger partial charge is 0.440 e. The summed E-state index contributed by atoms with van der Waals surface area (Å²) in [6.45, 7) is 6.52. The molecule has 1 N–H and O–H groups in total. The zero-order valence-corrected chi connectivity index (χ0v) is 24.7. The van der Waals surface area contributed by atoms with Gasteiger partial charge in [0.25, 0.3) is 0 Å². The van der Waals surface area contributed by atoms with E-state index in [-0.39, 0.29) is 17.4 Å². The van der Waals surface area contributed by atoms with E-state index in [0.717, 1.165) is 82.4 Å². The highest BCUT2D eigenvalue weighted by Crippen LogP contribution is 2.42. The molecular weight excluding hydrogens is 546 g/mol. The Balaban J connectivity index is 1.23. The van der Waals surface area contributed by atoms with Gasteiger partial charge in [-0.3, -0.25) is 14.5 Å². The minimum absolute atomic E-state index is 0.00938. The number of amides is 1. The second-order valence-corrected chi connectivity index (χ2v) is 12.4. The first-order valence-corrected chi connectivity index (χ1v) is 15.8. The Kier molecular flexibility index (Phi) is 7.44. The molecule has 42 heavy (non-hydrogen) atoms. The van der Waals surface area contributed by atoms with Crippen LogP contribution in [0.1, 0.15) is 32.6 Å². The van der Waals surface area contributed by atoms with E-state index in [2.05, 4.69) is 52.4 Å². The minimum atomic E-state index is -0.0124. The first-order valence-electron chi connectivity index (χ1n) is 15.0. The SMILES string of the molecule is CC[C@@H]1CN(CC(=O)Nc2ccc3sc4c(-c5cccc6c(=O)cc(N7CCCCC7)oc56)cccc4c3c2)CCO1. The smallest absolute Gasteiger partial charge is 0.238 e. The van der Waals surface area contributed by atoms with Crippen LogP contribution in [0.5, 0.6) is 0 Å². The molecule has 1 amide bonds. The number of nitrogens with zero attached hydrogens (tertiary/aromatic N) is 2. The van der Waals surface area contributed by atoms with Gasteiger partial charge >= 0.3 is 0 Å². The van der Waals surface area contributed by atoms with Gasteiger partial charge in [-0.1, -0.05) is 37.3 Å². The van der Waals surface area contributed by atoms with Crippen LogP contribution in [0.25, 0.3) is 42.3 Å². The number of hydrogen-bond donors (Lipinski definition) is 1. The summed E-state index contributed by atoms with van der Waals surface area (Å²) < 4.78 is 14.5. The number of benzene rings is 3. The van der Waals surface area contributed by atoms with E-state index in [4.69, 9.17) is 9.15 Å². The fraction of sp³-hybridized carbons (Fsp3) is 0.353. The van der Waals surface area contributed by atoms with Gasteiger partial charge in [0.2, 0.25) is 5.91 Å². The Morgan fingerprint density at radius 3 is 2.60 bits per heavy atom. The van der Waals surface area contributed by atoms with Crippen LogP contribution in [-0.4, -0.2) is 56.2 Å². The van der Waals surface area contributed by atoms with Crippen LogP contribution in [0, 0.1) is 0 Å². The normalized spacial score (nSPS) is 18.2. The molecule has 8 heteroatoms. The van der Waals surface area contributed by atoms with Crippen molar-refractivity contribution in [2.24, 2.45) is 0 Å². The number of piperidine rings is 1. The lowest BCUT2D eigenvalue weighted by Crippen LogP contribution is -2.45. The third-order valence-electron chi connectivity index (χ3n) is 8.53. The van der Waals surface area contributed by atoms with E-state index in [1.165, 1.54) is 6.42 Å². The van der Waals surface area contributed by atoms with Crippen molar-refractivity contribution in [3.8, 4) is 11.1 Å². The maximum Gasteiger partial charge on any atom is 0.238 e. The molecule has 3 aromatic carbocycles. The van der Waals surface area contributed by atoms with Gasteiger partial charge in [0, 0.05) is 69.2 Å². The molecule has 0 unspecified atom stereocenters. The monoisotopic (exact) mass is 581 g/mol. The van der Waals surface area contributed by atoms with E-state index in [0.29, 0.717) is 30.0 Å². The van der Waals surface area contributed by atoms with Crippen molar-refractivity contribution in [2.45, 2.75) is 38.7 Å². The summed E-state index contributed by atoms with van der Waals surface area (Å²) in [5.74, 6) is 0.646. The van der Waals surface area contributed by atoms with Gasteiger partial charge in [-0.05, 0) is 49.9 Å². The predicted octanol–water partition coefficient (Wildman–Crippen LogP) is 6.87. The number of para-hydroxylation sites is 1. The fourth-order valence-corrected chi connectivity index (χ4v) is 7.52. The molecule has 216 valence electrons. The molecule has 0 radical (unpaired) electrons. The van der Waals surface area contributed by atoms with Crippen LogP contribution < -0.4 is 15.6 Å². The van der Waals surface area contributed by atoms with Gasteiger partial charge in [0.05, 0.1) is 24.6 Å². The maximum absolute atomic E-state index is 13.2. The number of hydrogen-bond acceptors (Lipinski definition) is 7. The molecule has 0 aliphatic carbocycles. The standard InChI is InChI=1S/C34H35N3O4S/c1-2-23-20-36(16-17-40-23)21-31(39)35-22-12-13-30-28(18-22)26-10-7-9-25(34(26)42-30)24-8-6-11-27-29(38)19-32(41-33(24)27)37-14-4-3-5-15-37/h6-13,18-19,23H,2-5,14-17,20-21H2,1H3,(H,35,39)/t23-/m1/s1. The van der Waals surface area contributed by atoms with Crippen molar-refractivity contribution in [2.75, 3.05) is 49.5 Å². The van der Waals surface area contributed by atoms with Gasteiger partial charge in [-0.2, -0.15) is 0 Å². The third-order valence-corrected chi connectivity index (χ3v) is 9.75. The van der Waals surface area contributed by atoms with Crippen LogP contribution >= 0.6 is 11.3 Å². The predicted molar refractivity (Wildman–Crippen MR) is 172 cm³/mol. The van der Waals surface area contributed by atoms with Crippen molar-refractivity contribution in [3.63, 3.8) is 0 Å². The van der Waals surface area contributed by atoms with Crippen LogP contribution in [0.15, 0.2) is 69.9 Å². The topological polar surface area (TPSA) is 75.0 Å². The highest BCUT2D eigenvalue weighted by atomic mass is 32.1. The summed E-state index contributed by atoms with van der Waals surface area (Å²) in [6, 6.07) is 19.9. The van der Waals surface area contributed by atoms with Crippen molar-refractivity contribution in [1.29, 1.82) is 0 Å². The summed E-state index contributed by atoms with van der Waals surface area (Å²) in [5.41, 5.74) is 3.38. The van der Waals surface area contributed by atoms with E-state index in [9.17, 15) is 9.59 Å². The number of fused-ring (bicyclic) bond motifs is 4. The van der Waals surface area contributed by atoms with Crippen LogP contribution in [0.3, 0.4) is 0 Å². The molecule has 2 saturated heterocycles. The number of nitrogens with one attached hydrogen (secondary N) is 1. The molecule has 2 fully saturated rings. The summed E-state index contributed by atoms with van der Waals surface area (Å²) in [6.07, 6.45) is 4.58. The molecule has 7 nitrogen and oxygen atoms in total. The third kappa shape index (κ3) is 5.19. The Labute approximate surface area is 248 Å². The number of rotatable bonds is 6. The van der Waals surface area contributed by atoms with Crippen molar-refractivity contribution < 1.29 is 13.9 Å². The van der Waals surface area contributed by atoms with Gasteiger partial charge < -0.3 is 19.4 Å². The summed E-state index contributed by atoms with van der Waals surface area (Å²) in [7, 11) is 0. The van der Waals surface area contributed by atoms with Crippen molar-refractivity contribution >= 4 is 60.0 Å². The molecule has 1 atom stereocenters. The first kappa shape index (κ1) is 27.1. The molecule has 7 rings (SSSR count). The minimum Gasteiger partial charge on any atom is -0.440 e.